The molecule has 1 saturated carbocycles. The van der Waals surface area contributed by atoms with E-state index < -0.39 is 11.7 Å². The number of hydrogen-bond donors (Lipinski definition) is 1. The Balaban J connectivity index is 1.58. The number of benzene rings is 2. The summed E-state index contributed by atoms with van der Waals surface area (Å²) in [5.74, 6) is 1.13. The second kappa shape index (κ2) is 10.3. The van der Waals surface area contributed by atoms with E-state index in [-0.39, 0.29) is 24.5 Å². The largest absolute Gasteiger partial charge is 0.493 e. The molecule has 2 aromatic rings. The summed E-state index contributed by atoms with van der Waals surface area (Å²) in [4.78, 5) is 14.6. The van der Waals surface area contributed by atoms with Crippen molar-refractivity contribution in [2.45, 2.75) is 44.4 Å². The number of alkyl halides is 3. The first-order chi connectivity index (χ1) is 15.2. The van der Waals surface area contributed by atoms with Gasteiger partial charge < -0.3 is 14.8 Å². The molecule has 1 N–H and O–H groups in total. The molecule has 0 heterocycles. The predicted molar refractivity (Wildman–Crippen MR) is 116 cm³/mol. The van der Waals surface area contributed by atoms with Crippen molar-refractivity contribution in [1.82, 2.24) is 10.2 Å². The summed E-state index contributed by atoms with van der Waals surface area (Å²) in [7, 11) is 3.14. The zero-order valence-corrected chi connectivity index (χ0v) is 18.5. The predicted octanol–water partition coefficient (Wildman–Crippen LogP) is 4.61. The molecule has 2 aromatic carbocycles. The molecule has 174 valence electrons. The summed E-state index contributed by atoms with van der Waals surface area (Å²) >= 11 is 0. The first kappa shape index (κ1) is 23.9. The standard InChI is InChI=1S/C24H29F3N2O3/c1-16(18-5-4-6-19(14-18)24(25,26)27)29(20-8-9-20)15-23(30)28-12-11-17-7-10-21(31-2)22(13-17)32-3/h4-7,10,13-14,16,20H,8-9,11-12,15H2,1-3H3,(H,28,30). The molecule has 3 rings (SSSR count). The van der Waals surface area contributed by atoms with Crippen molar-refractivity contribution in [3.05, 3.63) is 59.2 Å². The summed E-state index contributed by atoms with van der Waals surface area (Å²) in [6.07, 6.45) is -1.87. The minimum absolute atomic E-state index is 0.142. The Kier molecular flexibility index (Phi) is 7.66. The van der Waals surface area contributed by atoms with Crippen LogP contribution in [0, 0.1) is 0 Å². The Hall–Kier alpha value is -2.74. The van der Waals surface area contributed by atoms with Crippen LogP contribution in [-0.2, 0) is 17.4 Å². The van der Waals surface area contributed by atoms with Crippen molar-refractivity contribution in [2.24, 2.45) is 0 Å². The molecule has 32 heavy (non-hydrogen) atoms. The van der Waals surface area contributed by atoms with E-state index in [9.17, 15) is 18.0 Å². The average Bonchev–Trinajstić information content (AvgIpc) is 3.61. The quantitative estimate of drug-likeness (QED) is 0.575. The minimum Gasteiger partial charge on any atom is -0.493 e. The van der Waals surface area contributed by atoms with E-state index in [1.165, 1.54) is 12.1 Å². The summed E-state index contributed by atoms with van der Waals surface area (Å²) in [5, 5.41) is 2.92. The number of rotatable bonds is 10. The molecule has 1 fully saturated rings. The van der Waals surface area contributed by atoms with E-state index in [4.69, 9.17) is 9.47 Å². The number of amides is 1. The number of methoxy groups -OCH3 is 2. The van der Waals surface area contributed by atoms with Gasteiger partial charge in [-0.05, 0) is 61.6 Å². The molecular weight excluding hydrogens is 421 g/mol. The fourth-order valence-electron chi connectivity index (χ4n) is 3.76. The smallest absolute Gasteiger partial charge is 0.416 e. The lowest BCUT2D eigenvalue weighted by Crippen LogP contribution is -2.40. The van der Waals surface area contributed by atoms with Crippen LogP contribution in [0.15, 0.2) is 42.5 Å². The van der Waals surface area contributed by atoms with Gasteiger partial charge in [0.05, 0.1) is 26.3 Å². The van der Waals surface area contributed by atoms with Gasteiger partial charge in [0.1, 0.15) is 0 Å². The molecular formula is C24H29F3N2O3. The van der Waals surface area contributed by atoms with Gasteiger partial charge in [-0.2, -0.15) is 13.2 Å². The molecule has 0 bridgehead atoms. The van der Waals surface area contributed by atoms with E-state index >= 15 is 0 Å². The summed E-state index contributed by atoms with van der Waals surface area (Å²) < 4.78 is 49.8. The van der Waals surface area contributed by atoms with Gasteiger partial charge in [0, 0.05) is 18.6 Å². The molecule has 1 aliphatic carbocycles. The van der Waals surface area contributed by atoms with Crippen molar-refractivity contribution in [3.8, 4) is 11.5 Å². The normalized spacial score (nSPS) is 14.8. The molecule has 0 spiro atoms. The first-order valence-electron chi connectivity index (χ1n) is 10.6. The van der Waals surface area contributed by atoms with E-state index in [0.29, 0.717) is 30.0 Å². The number of nitrogens with one attached hydrogen (secondary N) is 1. The maximum atomic E-state index is 13.1. The summed E-state index contributed by atoms with van der Waals surface area (Å²) in [6.45, 7) is 2.45. The van der Waals surface area contributed by atoms with Crippen molar-refractivity contribution in [3.63, 3.8) is 0 Å². The molecule has 0 saturated heterocycles. The minimum atomic E-state index is -4.39. The van der Waals surface area contributed by atoms with Gasteiger partial charge in [-0.25, -0.2) is 0 Å². The average molecular weight is 451 g/mol. The van der Waals surface area contributed by atoms with Gasteiger partial charge in [-0.1, -0.05) is 18.2 Å². The van der Waals surface area contributed by atoms with E-state index in [0.717, 1.165) is 24.5 Å². The van der Waals surface area contributed by atoms with Crippen LogP contribution in [0.2, 0.25) is 0 Å². The van der Waals surface area contributed by atoms with Gasteiger partial charge in [-0.15, -0.1) is 0 Å². The first-order valence-corrected chi connectivity index (χ1v) is 10.6. The lowest BCUT2D eigenvalue weighted by molar-refractivity contribution is -0.137. The fourth-order valence-corrected chi connectivity index (χ4v) is 3.76. The molecule has 5 nitrogen and oxygen atoms in total. The number of ether oxygens (including phenoxy) is 2. The molecule has 0 aromatic heterocycles. The SMILES string of the molecule is COc1ccc(CCNC(=O)CN(C2CC2)C(C)c2cccc(C(F)(F)F)c2)cc1OC. The Morgan fingerprint density at radius 1 is 1.12 bits per heavy atom. The second-order valence-corrected chi connectivity index (χ2v) is 7.99. The van der Waals surface area contributed by atoms with Gasteiger partial charge in [0.2, 0.25) is 5.91 Å². The number of carbonyl (C=O) groups excluding carboxylic acids is 1. The Morgan fingerprint density at radius 2 is 1.84 bits per heavy atom. The van der Waals surface area contributed by atoms with Crippen LogP contribution in [0.3, 0.4) is 0 Å². The van der Waals surface area contributed by atoms with Crippen molar-refractivity contribution < 1.29 is 27.4 Å². The monoisotopic (exact) mass is 450 g/mol. The van der Waals surface area contributed by atoms with Crippen molar-refractivity contribution >= 4 is 5.91 Å². The van der Waals surface area contributed by atoms with Crippen LogP contribution in [0.1, 0.15) is 42.5 Å². The van der Waals surface area contributed by atoms with Gasteiger partial charge in [-0.3, -0.25) is 9.69 Å². The highest BCUT2D eigenvalue weighted by molar-refractivity contribution is 5.78. The van der Waals surface area contributed by atoms with Crippen LogP contribution < -0.4 is 14.8 Å². The fraction of sp³-hybridized carbons (Fsp3) is 0.458. The highest BCUT2D eigenvalue weighted by Gasteiger charge is 2.35. The van der Waals surface area contributed by atoms with Gasteiger partial charge >= 0.3 is 6.18 Å². The zero-order chi connectivity index (χ0) is 23.3. The van der Waals surface area contributed by atoms with Crippen molar-refractivity contribution in [1.29, 1.82) is 0 Å². The third-order valence-corrected chi connectivity index (χ3v) is 5.72. The van der Waals surface area contributed by atoms with Gasteiger partial charge in [0.25, 0.3) is 0 Å². The van der Waals surface area contributed by atoms with Crippen LogP contribution in [0.25, 0.3) is 0 Å². The molecule has 1 aliphatic rings. The van der Waals surface area contributed by atoms with E-state index in [1.807, 2.05) is 30.0 Å². The number of hydrogen-bond acceptors (Lipinski definition) is 4. The van der Waals surface area contributed by atoms with Crippen LogP contribution in [-0.4, -0.2) is 44.2 Å². The Morgan fingerprint density at radius 3 is 2.47 bits per heavy atom. The molecule has 1 amide bonds. The zero-order valence-electron chi connectivity index (χ0n) is 18.5. The maximum absolute atomic E-state index is 13.1. The lowest BCUT2D eigenvalue weighted by Gasteiger charge is -2.29. The third-order valence-electron chi connectivity index (χ3n) is 5.72. The lowest BCUT2D eigenvalue weighted by atomic mass is 10.0. The highest BCUT2D eigenvalue weighted by atomic mass is 19.4. The van der Waals surface area contributed by atoms with E-state index in [1.54, 1.807) is 20.3 Å². The highest BCUT2D eigenvalue weighted by Crippen LogP contribution is 2.36. The third kappa shape index (κ3) is 6.16. The topological polar surface area (TPSA) is 50.8 Å². The van der Waals surface area contributed by atoms with Crippen LogP contribution in [0.4, 0.5) is 13.2 Å². The number of nitrogens with zero attached hydrogens (tertiary/aromatic N) is 1. The van der Waals surface area contributed by atoms with Crippen LogP contribution in [0.5, 0.6) is 11.5 Å². The van der Waals surface area contributed by atoms with Gasteiger partial charge in [0.15, 0.2) is 11.5 Å². The van der Waals surface area contributed by atoms with E-state index in [2.05, 4.69) is 5.32 Å². The molecule has 1 atom stereocenters. The Bertz CT molecular complexity index is 929. The van der Waals surface area contributed by atoms with Crippen molar-refractivity contribution in [2.75, 3.05) is 27.3 Å². The molecule has 8 heteroatoms. The summed E-state index contributed by atoms with van der Waals surface area (Å²) in [6, 6.07) is 10.9. The molecule has 1 unspecified atom stereocenters. The second-order valence-electron chi connectivity index (χ2n) is 7.99. The number of halogens is 3. The number of carbonyl (C=O) groups is 1. The molecule has 0 radical (unpaired) electrons. The summed E-state index contributed by atoms with van der Waals surface area (Å²) in [5.41, 5.74) is 0.890. The molecule has 0 aliphatic heterocycles. The maximum Gasteiger partial charge on any atom is 0.416 e. The Labute approximate surface area is 186 Å². The van der Waals surface area contributed by atoms with Crippen LogP contribution >= 0.6 is 0 Å².